The highest BCUT2D eigenvalue weighted by molar-refractivity contribution is 5.76. The van der Waals surface area contributed by atoms with Crippen molar-refractivity contribution < 1.29 is 9.90 Å². The van der Waals surface area contributed by atoms with E-state index in [1.807, 2.05) is 4.98 Å². The smallest absolute Gasteiger partial charge is 0.325 e. The van der Waals surface area contributed by atoms with Crippen molar-refractivity contribution in [1.29, 1.82) is 0 Å². The van der Waals surface area contributed by atoms with E-state index in [1.54, 1.807) is 0 Å². The number of aromatic nitrogens is 2. The van der Waals surface area contributed by atoms with Gasteiger partial charge >= 0.3 is 11.7 Å². The molecule has 7 heteroatoms. The summed E-state index contributed by atoms with van der Waals surface area (Å²) < 4.78 is 0. The van der Waals surface area contributed by atoms with E-state index in [0.717, 1.165) is 6.20 Å². The van der Waals surface area contributed by atoms with Crippen LogP contribution in [-0.2, 0) is 4.79 Å². The molecule has 0 aromatic carbocycles. The third kappa shape index (κ3) is 1.88. The lowest BCUT2D eigenvalue weighted by atomic mass is 10.0. The third-order valence-corrected chi connectivity index (χ3v) is 1.76. The van der Waals surface area contributed by atoms with Crippen molar-refractivity contribution in [2.45, 2.75) is 5.92 Å². The molecule has 14 heavy (non-hydrogen) atoms. The van der Waals surface area contributed by atoms with E-state index < -0.39 is 23.1 Å². The molecular weight excluding hydrogens is 190 g/mol. The van der Waals surface area contributed by atoms with Gasteiger partial charge in [0.05, 0.1) is 0 Å². The van der Waals surface area contributed by atoms with Crippen molar-refractivity contribution in [2.24, 2.45) is 5.73 Å². The van der Waals surface area contributed by atoms with E-state index in [2.05, 4.69) is 4.98 Å². The van der Waals surface area contributed by atoms with Crippen LogP contribution in [0.3, 0.4) is 0 Å². The number of carboxylic acid groups (broad SMARTS) is 1. The fourth-order valence-electron chi connectivity index (χ4n) is 1.04. The summed E-state index contributed by atoms with van der Waals surface area (Å²) in [5.74, 6) is -2.30. The molecule has 0 amide bonds. The van der Waals surface area contributed by atoms with Crippen molar-refractivity contribution in [1.82, 2.24) is 9.97 Å². The van der Waals surface area contributed by atoms with E-state index in [4.69, 9.17) is 10.8 Å². The highest BCUT2D eigenvalue weighted by atomic mass is 16.4. The van der Waals surface area contributed by atoms with Gasteiger partial charge in [-0.2, -0.15) is 0 Å². The predicted octanol–water partition coefficient (Wildman–Crippen LogP) is -1.81. The van der Waals surface area contributed by atoms with Crippen LogP contribution in [0.15, 0.2) is 15.8 Å². The van der Waals surface area contributed by atoms with Crippen LogP contribution >= 0.6 is 0 Å². The number of aromatic amines is 2. The average Bonchev–Trinajstić information content (AvgIpc) is 2.09. The number of aliphatic carboxylic acids is 1. The number of carbonyl (C=O) groups is 1. The third-order valence-electron chi connectivity index (χ3n) is 1.76. The number of hydrogen-bond donors (Lipinski definition) is 4. The molecule has 0 aliphatic rings. The van der Waals surface area contributed by atoms with E-state index in [-0.39, 0.29) is 12.1 Å². The summed E-state index contributed by atoms with van der Waals surface area (Å²) in [7, 11) is 0. The Hall–Kier alpha value is -1.89. The summed E-state index contributed by atoms with van der Waals surface area (Å²) in [6.07, 6.45) is 1.06. The Morgan fingerprint density at radius 3 is 2.64 bits per heavy atom. The van der Waals surface area contributed by atoms with E-state index in [9.17, 15) is 14.4 Å². The van der Waals surface area contributed by atoms with Gasteiger partial charge in [-0.3, -0.25) is 14.6 Å². The van der Waals surface area contributed by atoms with E-state index >= 15 is 0 Å². The maximum atomic E-state index is 11.2. The molecular formula is C7H9N3O4. The minimum absolute atomic E-state index is 0.0559. The second kappa shape index (κ2) is 3.88. The molecule has 1 rings (SSSR count). The zero-order chi connectivity index (χ0) is 10.7. The fraction of sp³-hybridized carbons (Fsp3) is 0.286. The number of H-pyrrole nitrogens is 2. The quantitative estimate of drug-likeness (QED) is 0.456. The van der Waals surface area contributed by atoms with Crippen molar-refractivity contribution in [3.05, 3.63) is 32.6 Å². The predicted molar refractivity (Wildman–Crippen MR) is 47.1 cm³/mol. The first-order valence-corrected chi connectivity index (χ1v) is 3.81. The summed E-state index contributed by atoms with van der Waals surface area (Å²) in [5, 5.41) is 8.70. The maximum Gasteiger partial charge on any atom is 0.325 e. The first-order valence-electron chi connectivity index (χ1n) is 3.81. The zero-order valence-electron chi connectivity index (χ0n) is 7.11. The van der Waals surface area contributed by atoms with Crippen molar-refractivity contribution in [2.75, 3.05) is 6.54 Å². The second-order valence-electron chi connectivity index (χ2n) is 2.65. The molecule has 0 radical (unpaired) electrons. The molecule has 0 bridgehead atoms. The highest BCUT2D eigenvalue weighted by Crippen LogP contribution is 2.07. The van der Waals surface area contributed by atoms with Crippen LogP contribution in [0, 0.1) is 0 Å². The van der Waals surface area contributed by atoms with Gasteiger partial charge in [0.1, 0.15) is 5.92 Å². The van der Waals surface area contributed by atoms with Crippen molar-refractivity contribution >= 4 is 5.97 Å². The van der Waals surface area contributed by atoms with Crippen LogP contribution < -0.4 is 17.0 Å². The van der Waals surface area contributed by atoms with Gasteiger partial charge in [0.15, 0.2) is 0 Å². The van der Waals surface area contributed by atoms with Gasteiger partial charge in [0.2, 0.25) is 0 Å². The Kier molecular flexibility index (Phi) is 2.82. The van der Waals surface area contributed by atoms with E-state index in [1.165, 1.54) is 0 Å². The minimum Gasteiger partial charge on any atom is -0.481 e. The number of hydrogen-bond acceptors (Lipinski definition) is 4. The maximum absolute atomic E-state index is 11.2. The molecule has 1 heterocycles. The van der Waals surface area contributed by atoms with Crippen LogP contribution in [0.4, 0.5) is 0 Å². The largest absolute Gasteiger partial charge is 0.481 e. The summed E-state index contributed by atoms with van der Waals surface area (Å²) in [5.41, 5.74) is 3.72. The molecule has 5 N–H and O–H groups in total. The lowest BCUT2D eigenvalue weighted by Gasteiger charge is -2.07. The number of carboxylic acids is 1. The van der Waals surface area contributed by atoms with Gasteiger partial charge in [-0.15, -0.1) is 0 Å². The molecule has 1 unspecified atom stereocenters. The van der Waals surface area contributed by atoms with E-state index in [0.29, 0.717) is 0 Å². The summed E-state index contributed by atoms with van der Waals surface area (Å²) in [6.45, 7) is -0.204. The van der Waals surface area contributed by atoms with Gasteiger partial charge in [-0.25, -0.2) is 4.79 Å². The number of rotatable bonds is 3. The molecule has 76 valence electrons. The van der Waals surface area contributed by atoms with Gasteiger partial charge in [-0.1, -0.05) is 0 Å². The highest BCUT2D eigenvalue weighted by Gasteiger charge is 2.21. The summed E-state index contributed by atoms with van der Waals surface area (Å²) >= 11 is 0. The summed E-state index contributed by atoms with van der Waals surface area (Å²) in [6, 6.07) is 0. The molecule has 1 aromatic rings. The topological polar surface area (TPSA) is 129 Å². The molecule has 0 saturated heterocycles. The van der Waals surface area contributed by atoms with Crippen molar-refractivity contribution in [3.63, 3.8) is 0 Å². The molecule has 0 spiro atoms. The van der Waals surface area contributed by atoms with Crippen LogP contribution in [0.2, 0.25) is 0 Å². The summed E-state index contributed by atoms with van der Waals surface area (Å²) in [4.78, 5) is 36.5. The van der Waals surface area contributed by atoms with Gasteiger partial charge < -0.3 is 15.8 Å². The lowest BCUT2D eigenvalue weighted by Crippen LogP contribution is -2.31. The first kappa shape index (κ1) is 10.2. The number of nitrogens with two attached hydrogens (primary N) is 1. The Morgan fingerprint density at radius 1 is 1.57 bits per heavy atom. The average molecular weight is 199 g/mol. The Labute approximate surface area is 77.6 Å². The molecule has 0 fully saturated rings. The normalized spacial score (nSPS) is 12.4. The first-order chi connectivity index (χ1) is 6.56. The minimum atomic E-state index is -1.20. The standard InChI is InChI=1S/C7H9N3O4/c8-1-3(6(12)13)4-2-9-7(14)10-5(4)11/h2-3H,1,8H2,(H,12,13)(H2,9,10,11,14). The zero-order valence-corrected chi connectivity index (χ0v) is 7.11. The van der Waals surface area contributed by atoms with Crippen LogP contribution in [-0.4, -0.2) is 27.6 Å². The van der Waals surface area contributed by atoms with Gasteiger partial charge in [0, 0.05) is 18.3 Å². The molecule has 0 aliphatic carbocycles. The molecule has 7 nitrogen and oxygen atoms in total. The molecule has 1 aromatic heterocycles. The van der Waals surface area contributed by atoms with Crippen LogP contribution in [0.25, 0.3) is 0 Å². The Bertz CT molecular complexity index is 447. The monoisotopic (exact) mass is 199 g/mol. The fourth-order valence-corrected chi connectivity index (χ4v) is 1.04. The van der Waals surface area contributed by atoms with Gasteiger partial charge in [0.25, 0.3) is 5.56 Å². The molecule has 0 aliphatic heterocycles. The van der Waals surface area contributed by atoms with Gasteiger partial charge in [-0.05, 0) is 0 Å². The van der Waals surface area contributed by atoms with Crippen LogP contribution in [0.1, 0.15) is 11.5 Å². The molecule has 0 saturated carbocycles. The lowest BCUT2D eigenvalue weighted by molar-refractivity contribution is -0.138. The molecule has 1 atom stereocenters. The van der Waals surface area contributed by atoms with Crippen LogP contribution in [0.5, 0.6) is 0 Å². The number of nitrogens with one attached hydrogen (secondary N) is 2. The Balaban J connectivity index is 3.24. The second-order valence-corrected chi connectivity index (χ2v) is 2.65. The SMILES string of the molecule is NCC(C(=O)O)c1c[nH]c(=O)[nH]c1=O. The van der Waals surface area contributed by atoms with Crippen molar-refractivity contribution in [3.8, 4) is 0 Å². The Morgan fingerprint density at radius 2 is 2.21 bits per heavy atom.